The van der Waals surface area contributed by atoms with Gasteiger partial charge in [-0.1, -0.05) is 13.8 Å². The third-order valence-electron chi connectivity index (χ3n) is 4.19. The molecule has 0 unspecified atom stereocenters. The van der Waals surface area contributed by atoms with E-state index in [4.69, 9.17) is 9.47 Å². The van der Waals surface area contributed by atoms with Gasteiger partial charge < -0.3 is 24.7 Å². The molecule has 2 N–H and O–H groups in total. The van der Waals surface area contributed by atoms with Gasteiger partial charge in [0.25, 0.3) is 0 Å². The Balaban J connectivity index is 1.81. The van der Waals surface area contributed by atoms with E-state index < -0.39 is 10.8 Å². The Labute approximate surface area is 157 Å². The molecule has 26 heavy (non-hydrogen) atoms. The molecule has 2 aromatic carbocycles. The van der Waals surface area contributed by atoms with Crippen molar-refractivity contribution in [3.8, 4) is 11.5 Å². The van der Waals surface area contributed by atoms with Gasteiger partial charge in [0.15, 0.2) is 9.40 Å². The number of likely N-dealkylation sites (N-methyl/N-ethyl adjacent to an activating group) is 2. The fourth-order valence-electron chi connectivity index (χ4n) is 2.89. The maximum Gasteiger partial charge on any atom is 0.184 e. The summed E-state index contributed by atoms with van der Waals surface area (Å²) in [5.74, 6) is 1.51. The lowest BCUT2D eigenvalue weighted by Crippen LogP contribution is -2.20. The number of nitrogens with one attached hydrogen (secondary N) is 2. The average molecular weight is 375 g/mol. The highest BCUT2D eigenvalue weighted by Crippen LogP contribution is 2.43. The van der Waals surface area contributed by atoms with Gasteiger partial charge in [-0.2, -0.15) is 0 Å². The molecule has 5 nitrogen and oxygen atoms in total. The van der Waals surface area contributed by atoms with Gasteiger partial charge in [0.05, 0.1) is 0 Å². The summed E-state index contributed by atoms with van der Waals surface area (Å²) in [7, 11) is -1.20. The molecule has 140 valence electrons. The molecule has 6 heteroatoms. The molecule has 0 aliphatic rings. The van der Waals surface area contributed by atoms with E-state index in [1.807, 2.05) is 36.4 Å². The SMILES string of the molecule is CCNCCOc1ccc2c3ccc(OCCNCC)cc3[s+]([O-])c2c1. The Morgan fingerprint density at radius 1 is 0.808 bits per heavy atom. The Bertz CT molecular complexity index is 794. The number of ether oxygens (including phenoxy) is 2. The number of fused-ring (bicyclic) bond motifs is 3. The van der Waals surface area contributed by atoms with E-state index in [2.05, 4.69) is 24.5 Å². The first-order chi connectivity index (χ1) is 12.7. The number of benzene rings is 2. The van der Waals surface area contributed by atoms with Crippen molar-refractivity contribution in [3.63, 3.8) is 0 Å². The smallest absolute Gasteiger partial charge is 0.184 e. The lowest BCUT2D eigenvalue weighted by Gasteiger charge is -2.05. The molecule has 0 radical (unpaired) electrons. The first kappa shape index (κ1) is 18.9. The molecule has 3 aromatic rings. The molecule has 3 rings (SSSR count). The molecular formula is C20H26N2O3S. The van der Waals surface area contributed by atoms with Crippen molar-refractivity contribution >= 4 is 30.9 Å². The summed E-state index contributed by atoms with van der Waals surface area (Å²) in [6.07, 6.45) is 0. The van der Waals surface area contributed by atoms with Crippen molar-refractivity contribution in [2.75, 3.05) is 39.4 Å². The highest BCUT2D eigenvalue weighted by Gasteiger charge is 2.17. The van der Waals surface area contributed by atoms with Gasteiger partial charge in [-0.15, -0.1) is 0 Å². The summed E-state index contributed by atoms with van der Waals surface area (Å²) < 4.78 is 26.0. The molecule has 0 saturated carbocycles. The second kappa shape index (κ2) is 9.19. The van der Waals surface area contributed by atoms with Gasteiger partial charge in [0.1, 0.15) is 24.7 Å². The minimum Gasteiger partial charge on any atom is -0.590 e. The Morgan fingerprint density at radius 3 is 1.69 bits per heavy atom. The van der Waals surface area contributed by atoms with Crippen LogP contribution in [0.5, 0.6) is 11.5 Å². The maximum atomic E-state index is 12.9. The Hall–Kier alpha value is -1.86. The molecule has 0 atom stereocenters. The molecule has 0 saturated heterocycles. The van der Waals surface area contributed by atoms with Gasteiger partial charge in [0, 0.05) is 36.0 Å². The zero-order valence-corrected chi connectivity index (χ0v) is 16.2. The minimum absolute atomic E-state index is 0.593. The summed E-state index contributed by atoms with van der Waals surface area (Å²) in [5, 5.41) is 8.46. The molecule has 0 spiro atoms. The zero-order chi connectivity index (χ0) is 18.4. The van der Waals surface area contributed by atoms with E-state index in [0.717, 1.165) is 57.9 Å². The van der Waals surface area contributed by atoms with Crippen LogP contribution in [-0.4, -0.2) is 43.9 Å². The predicted molar refractivity (Wildman–Crippen MR) is 108 cm³/mol. The number of hydrogen-bond donors (Lipinski definition) is 2. The Kier molecular flexibility index (Phi) is 6.68. The van der Waals surface area contributed by atoms with E-state index in [9.17, 15) is 4.55 Å². The highest BCUT2D eigenvalue weighted by molar-refractivity contribution is 7.37. The van der Waals surface area contributed by atoms with Gasteiger partial charge in [-0.25, -0.2) is 0 Å². The van der Waals surface area contributed by atoms with Crippen LogP contribution in [0.15, 0.2) is 36.4 Å². The van der Waals surface area contributed by atoms with Crippen molar-refractivity contribution in [3.05, 3.63) is 36.4 Å². The van der Waals surface area contributed by atoms with Crippen LogP contribution in [0.3, 0.4) is 0 Å². The van der Waals surface area contributed by atoms with Crippen LogP contribution in [0.1, 0.15) is 13.8 Å². The molecule has 0 aliphatic carbocycles. The van der Waals surface area contributed by atoms with Gasteiger partial charge >= 0.3 is 0 Å². The molecular weight excluding hydrogens is 348 g/mol. The van der Waals surface area contributed by atoms with Crippen LogP contribution in [0.2, 0.25) is 0 Å². The second-order valence-corrected chi connectivity index (χ2v) is 7.41. The van der Waals surface area contributed by atoms with Gasteiger partial charge in [-0.3, -0.25) is 0 Å². The van der Waals surface area contributed by atoms with E-state index in [1.165, 1.54) is 0 Å². The molecule has 0 amide bonds. The van der Waals surface area contributed by atoms with Crippen molar-refractivity contribution in [1.29, 1.82) is 0 Å². The molecule has 1 aromatic heterocycles. The highest BCUT2D eigenvalue weighted by atomic mass is 32.2. The van der Waals surface area contributed by atoms with Crippen molar-refractivity contribution < 1.29 is 14.0 Å². The first-order valence-corrected chi connectivity index (χ1v) is 10.3. The zero-order valence-electron chi connectivity index (χ0n) is 15.3. The topological polar surface area (TPSA) is 65.6 Å². The molecule has 0 fully saturated rings. The first-order valence-electron chi connectivity index (χ1n) is 9.12. The third-order valence-corrected chi connectivity index (χ3v) is 5.67. The average Bonchev–Trinajstić information content (AvgIpc) is 2.94. The lowest BCUT2D eigenvalue weighted by atomic mass is 10.1. The Morgan fingerprint density at radius 2 is 1.27 bits per heavy atom. The molecule has 0 aliphatic heterocycles. The van der Waals surface area contributed by atoms with E-state index in [1.54, 1.807) is 0 Å². The number of hydrogen-bond acceptors (Lipinski definition) is 5. The van der Waals surface area contributed by atoms with E-state index in [0.29, 0.717) is 13.2 Å². The quantitative estimate of drug-likeness (QED) is 0.418. The number of thiophene rings is 1. The van der Waals surface area contributed by atoms with E-state index in [-0.39, 0.29) is 0 Å². The lowest BCUT2D eigenvalue weighted by molar-refractivity contribution is 0.316. The van der Waals surface area contributed by atoms with Gasteiger partial charge in [-0.05, 0) is 48.1 Å². The van der Waals surface area contributed by atoms with Crippen molar-refractivity contribution in [1.82, 2.24) is 10.6 Å². The number of rotatable bonds is 10. The largest absolute Gasteiger partial charge is 0.590 e. The molecule has 0 bridgehead atoms. The monoisotopic (exact) mass is 374 g/mol. The summed E-state index contributed by atoms with van der Waals surface area (Å²) in [6, 6.07) is 11.7. The van der Waals surface area contributed by atoms with Crippen LogP contribution in [-0.2, 0) is 0 Å². The fraction of sp³-hybridized carbons (Fsp3) is 0.400. The van der Waals surface area contributed by atoms with E-state index >= 15 is 0 Å². The van der Waals surface area contributed by atoms with Crippen LogP contribution < -0.4 is 20.1 Å². The normalized spacial score (nSPS) is 11.3. The predicted octanol–water partition coefficient (Wildman–Crippen LogP) is 3.70. The summed E-state index contributed by atoms with van der Waals surface area (Å²) in [4.78, 5) is 0. The van der Waals surface area contributed by atoms with Crippen LogP contribution in [0.4, 0.5) is 0 Å². The van der Waals surface area contributed by atoms with Crippen LogP contribution in [0, 0.1) is 0 Å². The fourth-order valence-corrected chi connectivity index (χ4v) is 4.33. The molecule has 1 heterocycles. The van der Waals surface area contributed by atoms with Gasteiger partial charge in [0.2, 0.25) is 0 Å². The van der Waals surface area contributed by atoms with Crippen LogP contribution >= 0.6 is 10.8 Å². The summed E-state index contributed by atoms with van der Waals surface area (Å²) in [6.45, 7) is 8.75. The van der Waals surface area contributed by atoms with Crippen LogP contribution in [0.25, 0.3) is 20.2 Å². The van der Waals surface area contributed by atoms with Crippen molar-refractivity contribution in [2.45, 2.75) is 13.8 Å². The summed E-state index contributed by atoms with van der Waals surface area (Å²) >= 11 is 0. The maximum absolute atomic E-state index is 12.9. The summed E-state index contributed by atoms with van der Waals surface area (Å²) in [5.41, 5.74) is 0. The third kappa shape index (κ3) is 4.27. The second-order valence-electron chi connectivity index (χ2n) is 5.99. The van der Waals surface area contributed by atoms with Crippen molar-refractivity contribution in [2.24, 2.45) is 0 Å². The standard InChI is InChI=1S/C20H26N2O3S/c1-3-21-9-11-24-15-5-7-17-18-8-6-16(25-12-10-22-4-2)14-20(18)26(23)19(17)13-15/h5-8,13-14,21-22H,3-4,9-12H2,1-2H3. The minimum atomic E-state index is -1.20.